The third-order valence-corrected chi connectivity index (χ3v) is 0.364. The molecule has 0 saturated carbocycles. The van der Waals surface area contributed by atoms with E-state index in [1.54, 1.807) is 0 Å². The fourth-order valence-corrected chi connectivity index (χ4v) is 0.126. The number of carbonyl (C=O) groups excluding carboxylic acids is 1. The second kappa shape index (κ2) is 7.05. The summed E-state index contributed by atoms with van der Waals surface area (Å²) in [4.78, 5) is 9.22. The van der Waals surface area contributed by atoms with Crippen molar-refractivity contribution < 1.29 is 40.5 Å². The Morgan fingerprint density at radius 3 is 2.14 bits per heavy atom. The Kier molecular flexibility index (Phi) is 11.0. The van der Waals surface area contributed by atoms with Crippen molar-refractivity contribution in [2.75, 3.05) is 0 Å². The van der Waals surface area contributed by atoms with Crippen LogP contribution >= 0.6 is 23.2 Å². The van der Waals surface area contributed by atoms with E-state index < -0.39 is 5.02 Å². The van der Waals surface area contributed by atoms with E-state index >= 15 is 0 Å². The normalized spacial score (nSPS) is 7.29. The van der Waals surface area contributed by atoms with Crippen molar-refractivity contribution in [1.82, 2.24) is 0 Å². The van der Waals surface area contributed by atoms with Crippen molar-refractivity contribution in [3.63, 3.8) is 0 Å². The van der Waals surface area contributed by atoms with E-state index in [1.165, 1.54) is 0 Å². The van der Waals surface area contributed by atoms with Crippen LogP contribution in [0.5, 0.6) is 0 Å². The zero-order valence-electron chi connectivity index (χ0n) is 4.73. The molecule has 0 aliphatic heterocycles. The molecular weight excluding hydrogens is 150 g/mol. The maximum absolute atomic E-state index is 9.22. The number of alkyl halides is 2. The molecule has 0 heterocycles. The molecule has 0 spiro atoms. The van der Waals surface area contributed by atoms with Crippen molar-refractivity contribution in [1.29, 1.82) is 0 Å². The van der Waals surface area contributed by atoms with Crippen LogP contribution in [0.2, 0.25) is 0 Å². The molecule has 5 heteroatoms. The van der Waals surface area contributed by atoms with Crippen LogP contribution in [0.4, 0.5) is 0 Å². The first-order valence-corrected chi connectivity index (χ1v) is 2.02. The Balaban J connectivity index is -0.000000125. The third-order valence-electron chi connectivity index (χ3n) is 0.158. The Bertz CT molecular complexity index is 53.3. The topological polar surface area (TPSA) is 26.3 Å². The van der Waals surface area contributed by atoms with Gasteiger partial charge in [-0.15, -0.1) is 0 Å². The molecule has 0 aromatic heterocycles. The van der Waals surface area contributed by atoms with Crippen LogP contribution in [0.25, 0.3) is 0 Å². The molecule has 0 rings (SSSR count). The molecular formula is C2H3Cl2NaO2. The molecule has 7 heavy (non-hydrogen) atoms. The van der Waals surface area contributed by atoms with Gasteiger partial charge in [0.25, 0.3) is 11.5 Å². The summed E-state index contributed by atoms with van der Waals surface area (Å²) in [7, 11) is 0. The van der Waals surface area contributed by atoms with Gasteiger partial charge in [-0.1, -0.05) is 23.2 Å². The van der Waals surface area contributed by atoms with Gasteiger partial charge in [0, 0.05) is 0 Å². The third kappa shape index (κ3) is 11.0. The molecule has 0 N–H and O–H groups in total. The minimum absolute atomic E-state index is 0. The van der Waals surface area contributed by atoms with Gasteiger partial charge in [0.05, 0.1) is 0 Å². The van der Waals surface area contributed by atoms with Gasteiger partial charge in [-0.2, -0.15) is 0 Å². The van der Waals surface area contributed by atoms with Gasteiger partial charge in [-0.3, -0.25) is 4.79 Å². The number of hydrogen-bond donors (Lipinski definition) is 0. The first-order valence-electron chi connectivity index (χ1n) is 1.14. The van der Waals surface area contributed by atoms with E-state index in [9.17, 15) is 4.79 Å². The van der Waals surface area contributed by atoms with Crippen LogP contribution in [0.15, 0.2) is 0 Å². The molecule has 38 valence electrons. The second-order valence-corrected chi connectivity index (χ2v) is 1.51. The molecule has 0 saturated heterocycles. The van der Waals surface area contributed by atoms with Crippen LogP contribution < -0.4 is 29.6 Å². The smallest absolute Gasteiger partial charge is 1.00 e. The van der Waals surface area contributed by atoms with Gasteiger partial charge < -0.3 is 6.16 Å². The van der Waals surface area contributed by atoms with Crippen molar-refractivity contribution in [2.45, 2.75) is 5.02 Å². The number of hydrogen-bond acceptors (Lipinski definition) is 2. The number of rotatable bonds is 2. The van der Waals surface area contributed by atoms with Crippen molar-refractivity contribution >= 4 is 29.7 Å². The molecule has 0 amide bonds. The van der Waals surface area contributed by atoms with E-state index in [2.05, 4.69) is 4.74 Å². The average molecular weight is 153 g/mol. The molecule has 0 radical (unpaired) electrons. The van der Waals surface area contributed by atoms with Gasteiger partial charge in [-0.05, 0) is 0 Å². The van der Waals surface area contributed by atoms with Crippen LogP contribution in [-0.2, 0) is 9.53 Å². The summed E-state index contributed by atoms with van der Waals surface area (Å²) in [6.07, 6.45) is 0. The van der Waals surface area contributed by atoms with Gasteiger partial charge >= 0.3 is 29.6 Å². The SMILES string of the molecule is O=COC(Cl)Cl.[H-].[Na+]. The first kappa shape index (κ1) is 10.9. The maximum Gasteiger partial charge on any atom is 1.00 e. The fraction of sp³-hybridized carbons (Fsp3) is 0.500. The molecule has 0 fully saturated rings. The van der Waals surface area contributed by atoms with Gasteiger partial charge in [0.2, 0.25) is 0 Å². The van der Waals surface area contributed by atoms with E-state index in [-0.39, 0.29) is 37.5 Å². The number of ether oxygens (including phenoxy) is 1. The van der Waals surface area contributed by atoms with E-state index in [1.807, 2.05) is 0 Å². The summed E-state index contributed by atoms with van der Waals surface area (Å²) >= 11 is 9.78. The Morgan fingerprint density at radius 2 is 2.14 bits per heavy atom. The predicted octanol–water partition coefficient (Wildman–Crippen LogP) is -1.96. The zero-order chi connectivity index (χ0) is 4.99. The molecule has 0 atom stereocenters. The number of carbonyl (C=O) groups is 1. The zero-order valence-corrected chi connectivity index (χ0v) is 7.24. The van der Waals surface area contributed by atoms with Crippen molar-refractivity contribution in [2.24, 2.45) is 0 Å². The maximum atomic E-state index is 9.22. The molecule has 0 aliphatic carbocycles. The van der Waals surface area contributed by atoms with Crippen molar-refractivity contribution in [3.8, 4) is 0 Å². The van der Waals surface area contributed by atoms with Crippen LogP contribution in [-0.4, -0.2) is 11.5 Å². The standard InChI is InChI=1S/C2H2Cl2O2.Na.H/c3-2(4)6-1-5;;/h1-2H;;/q;+1;-1. The molecule has 0 aromatic rings. The second-order valence-electron chi connectivity index (χ2n) is 0.493. The Hall–Kier alpha value is 1.05. The molecule has 0 aromatic carbocycles. The van der Waals surface area contributed by atoms with Crippen LogP contribution in [0, 0.1) is 0 Å². The largest absolute Gasteiger partial charge is 1.00 e. The van der Waals surface area contributed by atoms with Gasteiger partial charge in [0.1, 0.15) is 0 Å². The van der Waals surface area contributed by atoms with Crippen molar-refractivity contribution in [3.05, 3.63) is 0 Å². The minimum atomic E-state index is -1.03. The molecule has 0 unspecified atom stereocenters. The van der Waals surface area contributed by atoms with Gasteiger partial charge in [-0.25, -0.2) is 0 Å². The monoisotopic (exact) mass is 152 g/mol. The summed E-state index contributed by atoms with van der Waals surface area (Å²) in [6.45, 7) is 0.185. The van der Waals surface area contributed by atoms with E-state index in [0.717, 1.165) is 0 Å². The quantitative estimate of drug-likeness (QED) is 0.261. The Labute approximate surface area is 74.9 Å². The summed E-state index contributed by atoms with van der Waals surface area (Å²) in [5.41, 5.74) is 0. The molecule has 0 aliphatic rings. The summed E-state index contributed by atoms with van der Waals surface area (Å²) in [6, 6.07) is 0. The van der Waals surface area contributed by atoms with E-state index in [4.69, 9.17) is 23.2 Å². The average Bonchev–Trinajstić information content (AvgIpc) is 1.35. The fourth-order valence-electron chi connectivity index (χ4n) is 0.0420. The summed E-state index contributed by atoms with van der Waals surface area (Å²) < 4.78 is 3.89. The Morgan fingerprint density at radius 1 is 1.71 bits per heavy atom. The number of halogens is 2. The van der Waals surface area contributed by atoms with E-state index in [0.29, 0.717) is 0 Å². The molecule has 0 bridgehead atoms. The predicted molar refractivity (Wildman–Crippen MR) is 23.8 cm³/mol. The van der Waals surface area contributed by atoms with Crippen LogP contribution in [0.1, 0.15) is 1.43 Å². The first-order chi connectivity index (χ1) is 2.77. The summed E-state index contributed by atoms with van der Waals surface area (Å²) in [5, 5.41) is -1.03. The molecule has 2 nitrogen and oxygen atoms in total. The minimum Gasteiger partial charge on any atom is -1.00 e. The summed E-state index contributed by atoms with van der Waals surface area (Å²) in [5.74, 6) is 0. The van der Waals surface area contributed by atoms with Gasteiger partial charge in [0.15, 0.2) is 0 Å². The van der Waals surface area contributed by atoms with Crippen LogP contribution in [0.3, 0.4) is 0 Å².